The van der Waals surface area contributed by atoms with E-state index in [1.807, 2.05) is 47.4 Å². The van der Waals surface area contributed by atoms with Crippen LogP contribution in [-0.2, 0) is 11.2 Å². The number of nitrogens with zero attached hydrogens (tertiary/aromatic N) is 2. The van der Waals surface area contributed by atoms with E-state index in [2.05, 4.69) is 17.4 Å². The molecular formula is C22H23N3O3. The van der Waals surface area contributed by atoms with Crippen LogP contribution in [-0.4, -0.2) is 49.0 Å². The van der Waals surface area contributed by atoms with Crippen LogP contribution in [0.25, 0.3) is 0 Å². The van der Waals surface area contributed by atoms with Crippen LogP contribution in [0.1, 0.15) is 17.2 Å². The monoisotopic (exact) mass is 377 g/mol. The van der Waals surface area contributed by atoms with Crippen LogP contribution >= 0.6 is 0 Å². The zero-order valence-corrected chi connectivity index (χ0v) is 16.0. The number of hydrogen-bond acceptors (Lipinski definition) is 3. The van der Waals surface area contributed by atoms with Crippen LogP contribution in [0.4, 0.5) is 4.79 Å². The molecule has 0 radical (unpaired) electrons. The van der Waals surface area contributed by atoms with Gasteiger partial charge < -0.3 is 15.0 Å². The van der Waals surface area contributed by atoms with Crippen LogP contribution < -0.4 is 10.1 Å². The molecule has 2 heterocycles. The van der Waals surface area contributed by atoms with Crippen LogP contribution in [0.3, 0.4) is 0 Å². The first-order chi connectivity index (χ1) is 13.6. The van der Waals surface area contributed by atoms with Crippen molar-refractivity contribution < 1.29 is 14.3 Å². The van der Waals surface area contributed by atoms with Crippen LogP contribution in [0.5, 0.6) is 5.75 Å². The van der Waals surface area contributed by atoms with E-state index in [9.17, 15) is 9.59 Å². The molecule has 0 saturated heterocycles. The van der Waals surface area contributed by atoms with Crippen LogP contribution in [0.15, 0.2) is 65.9 Å². The number of amides is 3. The summed E-state index contributed by atoms with van der Waals surface area (Å²) in [5.41, 5.74) is 3.36. The van der Waals surface area contributed by atoms with Crippen LogP contribution in [0, 0.1) is 0 Å². The molecular weight excluding hydrogens is 354 g/mol. The zero-order chi connectivity index (χ0) is 19.7. The highest BCUT2D eigenvalue weighted by atomic mass is 16.5. The summed E-state index contributed by atoms with van der Waals surface area (Å²) in [6.07, 6.45) is 0.775. The fourth-order valence-electron chi connectivity index (χ4n) is 3.85. The Morgan fingerprint density at radius 3 is 2.54 bits per heavy atom. The lowest BCUT2D eigenvalue weighted by Gasteiger charge is -2.31. The van der Waals surface area contributed by atoms with Crippen molar-refractivity contribution in [2.45, 2.75) is 12.5 Å². The van der Waals surface area contributed by atoms with E-state index in [4.69, 9.17) is 4.74 Å². The maximum atomic E-state index is 13.2. The molecule has 0 unspecified atom stereocenters. The number of carbonyl (C=O) groups excluding carboxylic acids is 2. The first-order valence-corrected chi connectivity index (χ1v) is 9.33. The summed E-state index contributed by atoms with van der Waals surface area (Å²) in [4.78, 5) is 29.1. The van der Waals surface area contributed by atoms with Crippen molar-refractivity contribution in [2.75, 3.05) is 27.2 Å². The molecule has 144 valence electrons. The van der Waals surface area contributed by atoms with E-state index in [1.165, 1.54) is 5.56 Å². The summed E-state index contributed by atoms with van der Waals surface area (Å²) in [6.45, 7) is 1.05. The number of nitrogens with one attached hydrogen (secondary N) is 1. The van der Waals surface area contributed by atoms with Gasteiger partial charge in [0.15, 0.2) is 0 Å². The first kappa shape index (κ1) is 18.1. The van der Waals surface area contributed by atoms with Gasteiger partial charge in [-0.3, -0.25) is 9.69 Å². The summed E-state index contributed by atoms with van der Waals surface area (Å²) in [6, 6.07) is 16.9. The Labute approximate surface area is 164 Å². The third-order valence-corrected chi connectivity index (χ3v) is 5.40. The minimum Gasteiger partial charge on any atom is -0.496 e. The molecule has 2 aliphatic rings. The molecule has 0 saturated carbocycles. The smallest absolute Gasteiger partial charge is 0.322 e. The molecule has 0 spiro atoms. The quantitative estimate of drug-likeness (QED) is 0.872. The minimum absolute atomic E-state index is 0.0336. The summed E-state index contributed by atoms with van der Waals surface area (Å²) in [7, 11) is 3.30. The molecule has 0 aliphatic carbocycles. The Hall–Kier alpha value is -3.28. The lowest BCUT2D eigenvalue weighted by Crippen LogP contribution is -2.45. The Balaban J connectivity index is 1.63. The second-order valence-corrected chi connectivity index (χ2v) is 7.01. The SMILES string of the molecule is COc1ccccc1[C@@H]1NC(=O)N(C)C2=C1C(=O)N(CCc1ccccc1)C2. The third kappa shape index (κ3) is 3.11. The van der Waals surface area contributed by atoms with Gasteiger partial charge in [0, 0.05) is 19.2 Å². The molecule has 6 nitrogen and oxygen atoms in total. The highest BCUT2D eigenvalue weighted by Crippen LogP contribution is 2.38. The topological polar surface area (TPSA) is 61.9 Å². The standard InChI is InChI=1S/C22H23N3O3/c1-24-17-14-25(13-12-15-8-4-3-5-9-15)21(26)19(17)20(23-22(24)27)16-10-6-7-11-18(16)28-2/h3-11,20H,12-14H2,1-2H3,(H,23,27)/t20-/m0/s1. The van der Waals surface area contributed by atoms with Gasteiger partial charge in [-0.1, -0.05) is 48.5 Å². The number of urea groups is 1. The van der Waals surface area contributed by atoms with Gasteiger partial charge in [0.1, 0.15) is 5.75 Å². The van der Waals surface area contributed by atoms with Crippen molar-refractivity contribution in [1.29, 1.82) is 0 Å². The molecule has 6 heteroatoms. The lowest BCUT2D eigenvalue weighted by molar-refractivity contribution is -0.125. The molecule has 2 aromatic rings. The van der Waals surface area contributed by atoms with Gasteiger partial charge in [-0.25, -0.2) is 4.79 Å². The van der Waals surface area contributed by atoms with E-state index < -0.39 is 6.04 Å². The minimum atomic E-state index is -0.510. The third-order valence-electron chi connectivity index (χ3n) is 5.40. The van der Waals surface area contributed by atoms with Crippen molar-refractivity contribution in [3.63, 3.8) is 0 Å². The van der Waals surface area contributed by atoms with E-state index in [0.717, 1.165) is 17.7 Å². The average molecular weight is 377 g/mol. The van der Waals surface area contributed by atoms with Crippen LogP contribution in [0.2, 0.25) is 0 Å². The highest BCUT2D eigenvalue weighted by Gasteiger charge is 2.43. The maximum absolute atomic E-state index is 13.2. The number of carbonyl (C=O) groups is 2. The van der Waals surface area contributed by atoms with Gasteiger partial charge in [0.25, 0.3) is 5.91 Å². The first-order valence-electron chi connectivity index (χ1n) is 9.33. The number of rotatable bonds is 5. The maximum Gasteiger partial charge on any atom is 0.322 e. The molecule has 4 rings (SSSR count). The largest absolute Gasteiger partial charge is 0.496 e. The van der Waals surface area contributed by atoms with Crippen molar-refractivity contribution in [1.82, 2.24) is 15.1 Å². The molecule has 0 bridgehead atoms. The summed E-state index contributed by atoms with van der Waals surface area (Å²) >= 11 is 0. The fraction of sp³-hybridized carbons (Fsp3) is 0.273. The van der Waals surface area contributed by atoms with E-state index in [1.54, 1.807) is 19.1 Å². The Bertz CT molecular complexity index is 939. The Morgan fingerprint density at radius 2 is 1.79 bits per heavy atom. The number of benzene rings is 2. The van der Waals surface area contributed by atoms with Gasteiger partial charge in [0.05, 0.1) is 31.0 Å². The summed E-state index contributed by atoms with van der Waals surface area (Å²) in [5.74, 6) is 0.619. The zero-order valence-electron chi connectivity index (χ0n) is 16.0. The normalized spacial score (nSPS) is 19.0. The second kappa shape index (κ2) is 7.38. The number of ether oxygens (including phenoxy) is 1. The van der Waals surface area contributed by atoms with Crippen molar-refractivity contribution in [3.05, 3.63) is 77.0 Å². The lowest BCUT2D eigenvalue weighted by atomic mass is 9.95. The molecule has 0 fully saturated rings. The van der Waals surface area contributed by atoms with E-state index in [-0.39, 0.29) is 11.9 Å². The number of hydrogen-bond donors (Lipinski definition) is 1. The van der Waals surface area contributed by atoms with Gasteiger partial charge >= 0.3 is 6.03 Å². The molecule has 1 atom stereocenters. The van der Waals surface area contributed by atoms with Crippen molar-refractivity contribution in [3.8, 4) is 5.75 Å². The van der Waals surface area contributed by atoms with Crippen molar-refractivity contribution >= 4 is 11.9 Å². The fourth-order valence-corrected chi connectivity index (χ4v) is 3.85. The van der Waals surface area contributed by atoms with E-state index in [0.29, 0.717) is 24.4 Å². The molecule has 0 aromatic heterocycles. The number of likely N-dealkylation sites (N-methyl/N-ethyl adjacent to an activating group) is 1. The predicted octanol–water partition coefficient (Wildman–Crippen LogP) is 2.73. The van der Waals surface area contributed by atoms with Gasteiger partial charge in [0.2, 0.25) is 0 Å². The number of para-hydroxylation sites is 1. The molecule has 1 N–H and O–H groups in total. The second-order valence-electron chi connectivity index (χ2n) is 7.01. The van der Waals surface area contributed by atoms with Gasteiger partial charge in [-0.05, 0) is 18.1 Å². The van der Waals surface area contributed by atoms with Gasteiger partial charge in [-0.2, -0.15) is 0 Å². The van der Waals surface area contributed by atoms with Gasteiger partial charge in [-0.15, -0.1) is 0 Å². The summed E-state index contributed by atoms with van der Waals surface area (Å²) in [5, 5.41) is 2.95. The molecule has 2 aromatic carbocycles. The van der Waals surface area contributed by atoms with E-state index >= 15 is 0 Å². The molecule has 2 aliphatic heterocycles. The molecule has 3 amide bonds. The summed E-state index contributed by atoms with van der Waals surface area (Å²) < 4.78 is 5.46. The number of methoxy groups -OCH3 is 1. The predicted molar refractivity (Wildman–Crippen MR) is 106 cm³/mol. The Kier molecular flexibility index (Phi) is 4.77. The van der Waals surface area contributed by atoms with Crippen molar-refractivity contribution in [2.24, 2.45) is 0 Å². The highest BCUT2D eigenvalue weighted by molar-refractivity contribution is 6.01. The average Bonchev–Trinajstić information content (AvgIpc) is 3.06. The Morgan fingerprint density at radius 1 is 1.07 bits per heavy atom. The molecule has 28 heavy (non-hydrogen) atoms.